The lowest BCUT2D eigenvalue weighted by molar-refractivity contribution is -0.144. The van der Waals surface area contributed by atoms with E-state index in [4.69, 9.17) is 0 Å². The van der Waals surface area contributed by atoms with Gasteiger partial charge in [0.15, 0.2) is 12.2 Å². The van der Waals surface area contributed by atoms with Crippen LogP contribution in [-0.4, -0.2) is 99.1 Å². The number of aliphatic hydroxyl groups is 2. The molecule has 17 heteroatoms. The first-order valence-corrected chi connectivity index (χ1v) is 23.9. The summed E-state index contributed by atoms with van der Waals surface area (Å²) in [4.78, 5) is 98.1. The number of hydrogen-bond acceptors (Lipinski definition) is 10. The van der Waals surface area contributed by atoms with Crippen LogP contribution in [0.1, 0.15) is 33.6 Å². The van der Waals surface area contributed by atoms with Gasteiger partial charge in [-0.05, 0) is 69.8 Å². The topological polar surface area (TPSA) is 252 Å². The van der Waals surface area contributed by atoms with Crippen LogP contribution in [-0.2, 0) is 65.7 Å². The molecule has 2 bridgehead atoms. The Balaban J connectivity index is 1.25. The van der Waals surface area contributed by atoms with Gasteiger partial charge in [0.1, 0.15) is 30.2 Å². The van der Waals surface area contributed by atoms with E-state index in [1.165, 1.54) is 35.6 Å². The summed E-state index contributed by atoms with van der Waals surface area (Å²) in [7, 11) is 0. The first kappa shape index (κ1) is 50.9. The number of carboxylic acid groups (broad SMARTS) is 1. The van der Waals surface area contributed by atoms with Crippen molar-refractivity contribution in [2.45, 2.75) is 80.9 Å². The SMILES string of the molecule is O=C(O)[C@H](Cc1ccccc1)NC(=O)[C@@H]1Cc2ccc(cc2)NC(=O)[C@H](O)[C@@H](O)C(=O)N[C@H](Cc2cccs2)C(=O)N[C@@H](Cc2ccc(-c3ccccc3)cc2)C(=O)N[C@H](CCc2ccccc2)C(=O)N1. The highest BCUT2D eigenvalue weighted by atomic mass is 32.1. The quantitative estimate of drug-likeness (QED) is 0.0762. The summed E-state index contributed by atoms with van der Waals surface area (Å²) in [6, 6.07) is 37.3. The van der Waals surface area contributed by atoms with Crippen molar-refractivity contribution in [2.75, 3.05) is 5.32 Å². The zero-order chi connectivity index (χ0) is 50.3. The number of aryl methyl sites for hydroxylation is 1. The van der Waals surface area contributed by atoms with E-state index in [-0.39, 0.29) is 37.8 Å². The van der Waals surface area contributed by atoms with E-state index in [1.54, 1.807) is 60.0 Å². The number of nitrogens with one attached hydrogen (secondary N) is 6. The largest absolute Gasteiger partial charge is 0.480 e. The number of aliphatic carboxylic acids is 1. The smallest absolute Gasteiger partial charge is 0.326 e. The first-order valence-electron chi connectivity index (χ1n) is 23.0. The maximum absolute atomic E-state index is 14.8. The van der Waals surface area contributed by atoms with Gasteiger partial charge < -0.3 is 47.2 Å². The molecule has 0 spiro atoms. The minimum atomic E-state index is -2.33. The third-order valence-electron chi connectivity index (χ3n) is 12.0. The van der Waals surface area contributed by atoms with Crippen molar-refractivity contribution in [2.24, 2.45) is 0 Å². The minimum absolute atomic E-state index is 0.0276. The second-order valence-corrected chi connectivity index (χ2v) is 18.2. The van der Waals surface area contributed by atoms with E-state index >= 15 is 0 Å². The predicted octanol–water partition coefficient (Wildman–Crippen LogP) is 3.50. The van der Waals surface area contributed by atoms with E-state index in [9.17, 15) is 48.9 Å². The van der Waals surface area contributed by atoms with E-state index in [0.717, 1.165) is 16.7 Å². The predicted molar refractivity (Wildman–Crippen MR) is 267 cm³/mol. The first-order chi connectivity index (χ1) is 34.3. The molecule has 0 saturated carbocycles. The van der Waals surface area contributed by atoms with Crippen LogP contribution in [0.4, 0.5) is 5.69 Å². The highest BCUT2D eigenvalue weighted by molar-refractivity contribution is 7.09. The summed E-state index contributed by atoms with van der Waals surface area (Å²) in [5.41, 5.74) is 4.53. The molecule has 3 heterocycles. The van der Waals surface area contributed by atoms with Gasteiger partial charge in [-0.15, -0.1) is 11.3 Å². The fourth-order valence-corrected chi connectivity index (χ4v) is 8.79. The highest BCUT2D eigenvalue weighted by Crippen LogP contribution is 2.21. The van der Waals surface area contributed by atoms with E-state index in [2.05, 4.69) is 31.9 Å². The molecular formula is C54H54N6O10S. The van der Waals surface area contributed by atoms with Crippen LogP contribution in [0.15, 0.2) is 157 Å². The molecular weight excluding hydrogens is 925 g/mol. The minimum Gasteiger partial charge on any atom is -0.480 e. The number of rotatable bonds is 13. The number of hydrogen-bond donors (Lipinski definition) is 9. The van der Waals surface area contributed by atoms with Crippen molar-refractivity contribution < 1.29 is 48.9 Å². The number of carbonyl (C=O) groups is 7. The number of anilines is 1. The Bertz CT molecular complexity index is 2760. The molecule has 6 amide bonds. The van der Waals surface area contributed by atoms with Gasteiger partial charge in [-0.1, -0.05) is 133 Å². The molecule has 1 aromatic heterocycles. The van der Waals surface area contributed by atoms with Crippen molar-refractivity contribution in [3.8, 4) is 11.1 Å². The average Bonchev–Trinajstić information content (AvgIpc) is 3.90. The average molecular weight is 979 g/mol. The Kier molecular flexibility index (Phi) is 17.6. The van der Waals surface area contributed by atoms with Crippen LogP contribution in [0.3, 0.4) is 0 Å². The number of amides is 6. The van der Waals surface area contributed by atoms with Crippen LogP contribution < -0.4 is 31.9 Å². The Hall–Kier alpha value is -7.99. The van der Waals surface area contributed by atoms with Crippen molar-refractivity contribution in [1.82, 2.24) is 26.6 Å². The molecule has 0 fully saturated rings. The summed E-state index contributed by atoms with van der Waals surface area (Å²) >= 11 is 1.29. The normalized spacial score (nSPS) is 20.7. The van der Waals surface area contributed by atoms with Crippen LogP contribution in [0.2, 0.25) is 0 Å². The van der Waals surface area contributed by atoms with Gasteiger partial charge >= 0.3 is 5.97 Å². The molecule has 366 valence electrons. The van der Waals surface area contributed by atoms with Crippen LogP contribution >= 0.6 is 11.3 Å². The van der Waals surface area contributed by atoms with Crippen molar-refractivity contribution in [1.29, 1.82) is 0 Å². The summed E-state index contributed by atoms with van der Waals surface area (Å²) in [6.45, 7) is 0. The van der Waals surface area contributed by atoms with Crippen molar-refractivity contribution >= 4 is 58.4 Å². The van der Waals surface area contributed by atoms with Gasteiger partial charge in [0.25, 0.3) is 11.8 Å². The molecule has 0 saturated heterocycles. The van der Waals surface area contributed by atoms with Gasteiger partial charge in [-0.2, -0.15) is 0 Å². The lowest BCUT2D eigenvalue weighted by Crippen LogP contribution is -2.60. The number of carbonyl (C=O) groups excluding carboxylic acids is 6. The lowest BCUT2D eigenvalue weighted by Gasteiger charge is -2.27. The third-order valence-corrected chi connectivity index (χ3v) is 12.9. The van der Waals surface area contributed by atoms with Crippen LogP contribution in [0.5, 0.6) is 0 Å². The summed E-state index contributed by atoms with van der Waals surface area (Å²) in [5, 5.41) is 49.7. The zero-order valence-corrected chi connectivity index (χ0v) is 39.2. The second kappa shape index (κ2) is 24.5. The lowest BCUT2D eigenvalue weighted by atomic mass is 9.98. The Morgan fingerprint density at radius 2 is 1.11 bits per heavy atom. The number of carboxylic acids is 1. The van der Waals surface area contributed by atoms with Gasteiger partial charge in [0.2, 0.25) is 23.6 Å². The maximum atomic E-state index is 14.8. The number of benzene rings is 5. The van der Waals surface area contributed by atoms with Crippen molar-refractivity contribution in [3.05, 3.63) is 184 Å². The molecule has 71 heavy (non-hydrogen) atoms. The Labute approximate surface area is 413 Å². The standard InChI is InChI=1S/C54H54N6O10S/c61-46-47(62)53(68)59-44(32-40-17-10-28-71-40)51(66)58-42(29-35-18-23-38(24-19-35)37-15-8-3-9-16-37)49(64)56-41(27-22-33-11-4-1-5-12-33)48(63)57-43(30-36-20-25-39(26-21-36)55-52(46)67)50(65)60-45(54(69)70)31-34-13-6-2-7-14-34/h1-21,23-26,28,41-47,61-62H,22,27,29-32H2,(H,55,67)(H,56,64)(H,57,63)(H,58,66)(H,59,68)(H,60,65)(H,69,70)/t41-,42+,43+,44-,45+,46-,47-/m1/s1. The fraction of sp³-hybridized carbons (Fsp3) is 0.241. The fourth-order valence-electron chi connectivity index (χ4n) is 8.04. The van der Waals surface area contributed by atoms with Gasteiger partial charge in [0.05, 0.1) is 0 Å². The summed E-state index contributed by atoms with van der Waals surface area (Å²) in [6.07, 6.45) is -4.75. The van der Waals surface area contributed by atoms with Gasteiger partial charge in [-0.25, -0.2) is 4.79 Å². The molecule has 2 aliphatic heterocycles. The maximum Gasteiger partial charge on any atom is 0.326 e. The summed E-state index contributed by atoms with van der Waals surface area (Å²) < 4.78 is 0. The zero-order valence-electron chi connectivity index (χ0n) is 38.4. The molecule has 0 aliphatic carbocycles. The molecule has 0 radical (unpaired) electrons. The molecule has 6 aromatic rings. The van der Waals surface area contributed by atoms with Gasteiger partial charge in [0, 0.05) is 36.2 Å². The molecule has 8 rings (SSSR count). The molecule has 16 nitrogen and oxygen atoms in total. The Morgan fingerprint density at radius 3 is 1.73 bits per heavy atom. The second-order valence-electron chi connectivity index (χ2n) is 17.2. The van der Waals surface area contributed by atoms with Crippen molar-refractivity contribution in [3.63, 3.8) is 0 Å². The number of aliphatic hydroxyl groups excluding tert-OH is 2. The van der Waals surface area contributed by atoms with Crippen LogP contribution in [0, 0.1) is 0 Å². The van der Waals surface area contributed by atoms with E-state index < -0.39 is 83.8 Å². The molecule has 2 aliphatic rings. The molecule has 5 aromatic carbocycles. The third kappa shape index (κ3) is 14.5. The monoisotopic (exact) mass is 978 g/mol. The molecule has 0 unspecified atom stereocenters. The summed E-state index contributed by atoms with van der Waals surface area (Å²) in [5.74, 6) is -6.95. The van der Waals surface area contributed by atoms with Gasteiger partial charge in [-0.3, -0.25) is 28.8 Å². The molecule has 7 atom stereocenters. The van der Waals surface area contributed by atoms with E-state index in [1.807, 2.05) is 72.8 Å². The Morgan fingerprint density at radius 1 is 0.563 bits per heavy atom. The highest BCUT2D eigenvalue weighted by Gasteiger charge is 2.36. The van der Waals surface area contributed by atoms with E-state index in [0.29, 0.717) is 28.0 Å². The number of fused-ring (bicyclic) bond motifs is 18. The number of thiophene rings is 1. The van der Waals surface area contributed by atoms with Crippen LogP contribution in [0.25, 0.3) is 11.1 Å². The molecule has 9 N–H and O–H groups in total.